The van der Waals surface area contributed by atoms with Crippen molar-refractivity contribution >= 4 is 29.9 Å². The molecule has 0 spiro atoms. The summed E-state index contributed by atoms with van der Waals surface area (Å²) in [5, 5.41) is 6.61. The molecule has 1 aromatic carbocycles. The van der Waals surface area contributed by atoms with E-state index in [1.54, 1.807) is 18.3 Å². The normalized spacial score (nSPS) is 14.7. The molecule has 0 aliphatic carbocycles. The zero-order chi connectivity index (χ0) is 20.3. The quantitative estimate of drug-likeness (QED) is 0.312. The van der Waals surface area contributed by atoms with Crippen molar-refractivity contribution in [2.24, 2.45) is 4.99 Å². The fourth-order valence-corrected chi connectivity index (χ4v) is 2.94. The Kier molecular flexibility index (Phi) is 10.8. The second kappa shape index (κ2) is 13.3. The van der Waals surface area contributed by atoms with E-state index in [9.17, 15) is 4.39 Å². The third kappa shape index (κ3) is 8.04. The summed E-state index contributed by atoms with van der Waals surface area (Å²) < 4.78 is 24.6. The van der Waals surface area contributed by atoms with Crippen LogP contribution in [0.5, 0.6) is 11.6 Å². The van der Waals surface area contributed by atoms with Crippen LogP contribution in [-0.2, 0) is 11.3 Å². The van der Waals surface area contributed by atoms with Gasteiger partial charge in [0.05, 0.1) is 19.8 Å². The predicted octanol–water partition coefficient (Wildman–Crippen LogP) is 3.02. The molecular formula is C21H29FIN5O2. The van der Waals surface area contributed by atoms with Crippen molar-refractivity contribution in [1.29, 1.82) is 0 Å². The van der Waals surface area contributed by atoms with Crippen molar-refractivity contribution in [2.75, 3.05) is 45.9 Å². The molecule has 1 aromatic heterocycles. The monoisotopic (exact) mass is 529 g/mol. The highest BCUT2D eigenvalue weighted by Gasteiger charge is 2.10. The van der Waals surface area contributed by atoms with Gasteiger partial charge in [-0.1, -0.05) is 12.1 Å². The molecule has 0 unspecified atom stereocenters. The van der Waals surface area contributed by atoms with Crippen molar-refractivity contribution < 1.29 is 13.9 Å². The highest BCUT2D eigenvalue weighted by molar-refractivity contribution is 14.0. The third-order valence-corrected chi connectivity index (χ3v) is 4.44. The van der Waals surface area contributed by atoms with E-state index in [4.69, 9.17) is 9.47 Å². The van der Waals surface area contributed by atoms with Crippen LogP contribution in [0.2, 0.25) is 0 Å². The minimum absolute atomic E-state index is 0. The van der Waals surface area contributed by atoms with Crippen LogP contribution < -0.4 is 15.4 Å². The molecule has 1 aliphatic heterocycles. The highest BCUT2D eigenvalue weighted by Crippen LogP contribution is 2.23. The minimum atomic E-state index is -0.350. The Morgan fingerprint density at radius 3 is 2.83 bits per heavy atom. The van der Waals surface area contributed by atoms with Gasteiger partial charge in [-0.15, -0.1) is 24.0 Å². The molecule has 0 atom stereocenters. The van der Waals surface area contributed by atoms with Gasteiger partial charge in [0, 0.05) is 50.6 Å². The minimum Gasteiger partial charge on any atom is -0.439 e. The number of pyridine rings is 1. The number of aromatic nitrogens is 1. The molecule has 0 radical (unpaired) electrons. The second-order valence-corrected chi connectivity index (χ2v) is 6.60. The zero-order valence-electron chi connectivity index (χ0n) is 17.1. The molecule has 2 aromatic rings. The lowest BCUT2D eigenvalue weighted by molar-refractivity contribution is 0.0389. The lowest BCUT2D eigenvalue weighted by Crippen LogP contribution is -2.44. The van der Waals surface area contributed by atoms with E-state index >= 15 is 0 Å². The molecule has 1 aliphatic rings. The summed E-state index contributed by atoms with van der Waals surface area (Å²) in [6.07, 6.45) is 1.65. The van der Waals surface area contributed by atoms with Gasteiger partial charge in [0.2, 0.25) is 5.88 Å². The molecule has 2 N–H and O–H groups in total. The summed E-state index contributed by atoms with van der Waals surface area (Å²) in [7, 11) is 0. The third-order valence-electron chi connectivity index (χ3n) is 4.44. The van der Waals surface area contributed by atoms with Gasteiger partial charge in [0.15, 0.2) is 5.96 Å². The molecular weight excluding hydrogens is 500 g/mol. The summed E-state index contributed by atoms with van der Waals surface area (Å²) in [6, 6.07) is 9.75. The topological polar surface area (TPSA) is 71.0 Å². The molecule has 0 saturated carbocycles. The van der Waals surface area contributed by atoms with Crippen molar-refractivity contribution in [1.82, 2.24) is 20.5 Å². The van der Waals surface area contributed by atoms with E-state index in [0.29, 0.717) is 18.2 Å². The first-order chi connectivity index (χ1) is 14.2. The smallest absolute Gasteiger partial charge is 0.224 e. The van der Waals surface area contributed by atoms with E-state index in [1.807, 2.05) is 19.1 Å². The average Bonchev–Trinajstić information content (AvgIpc) is 2.74. The molecule has 3 rings (SSSR count). The average molecular weight is 529 g/mol. The summed E-state index contributed by atoms with van der Waals surface area (Å²) >= 11 is 0. The Morgan fingerprint density at radius 2 is 2.07 bits per heavy atom. The number of halogens is 2. The van der Waals surface area contributed by atoms with Crippen molar-refractivity contribution in [3.8, 4) is 11.6 Å². The fraction of sp³-hybridized carbons (Fsp3) is 0.429. The van der Waals surface area contributed by atoms with Gasteiger partial charge in [0.25, 0.3) is 0 Å². The zero-order valence-corrected chi connectivity index (χ0v) is 19.5. The van der Waals surface area contributed by atoms with Gasteiger partial charge in [-0.25, -0.2) is 14.4 Å². The number of ether oxygens (including phenoxy) is 2. The second-order valence-electron chi connectivity index (χ2n) is 6.60. The van der Waals surface area contributed by atoms with Gasteiger partial charge in [-0.3, -0.25) is 4.90 Å². The Hall–Kier alpha value is -1.98. The molecule has 1 saturated heterocycles. The first kappa shape index (κ1) is 24.3. The van der Waals surface area contributed by atoms with Crippen molar-refractivity contribution in [2.45, 2.75) is 13.5 Å². The standard InChI is InChI=1S/C21H28FN5O2.HI/c1-2-23-21(25-9-10-27-11-13-28-14-12-27)26-16-17-5-4-8-24-20(17)29-19-7-3-6-18(22)15-19;/h3-8,15H,2,9-14,16H2,1H3,(H2,23,25,26);1H. The van der Waals surface area contributed by atoms with Crippen LogP contribution >= 0.6 is 24.0 Å². The maximum atomic E-state index is 13.4. The van der Waals surface area contributed by atoms with Crippen molar-refractivity contribution in [3.63, 3.8) is 0 Å². The van der Waals surface area contributed by atoms with E-state index in [0.717, 1.165) is 57.5 Å². The first-order valence-corrected chi connectivity index (χ1v) is 9.94. The molecule has 30 heavy (non-hydrogen) atoms. The summed E-state index contributed by atoms with van der Waals surface area (Å²) in [5.41, 5.74) is 0.821. The van der Waals surface area contributed by atoms with E-state index in [-0.39, 0.29) is 29.8 Å². The number of nitrogens with zero attached hydrogens (tertiary/aromatic N) is 3. The molecule has 1 fully saturated rings. The Bertz CT molecular complexity index is 802. The Balaban J connectivity index is 0.00000320. The number of guanidine groups is 1. The lowest BCUT2D eigenvalue weighted by Gasteiger charge is -2.26. The van der Waals surface area contributed by atoms with E-state index < -0.39 is 0 Å². The lowest BCUT2D eigenvalue weighted by atomic mass is 10.2. The van der Waals surface area contributed by atoms with Crippen LogP contribution in [0, 0.1) is 5.82 Å². The number of morpholine rings is 1. The largest absolute Gasteiger partial charge is 0.439 e. The van der Waals surface area contributed by atoms with Crippen molar-refractivity contribution in [3.05, 3.63) is 54.0 Å². The summed E-state index contributed by atoms with van der Waals surface area (Å²) in [6.45, 7) is 8.44. The number of hydrogen-bond acceptors (Lipinski definition) is 5. The highest BCUT2D eigenvalue weighted by atomic mass is 127. The number of aliphatic imine (C=N–C) groups is 1. The van der Waals surface area contributed by atoms with Gasteiger partial charge in [-0.2, -0.15) is 0 Å². The predicted molar refractivity (Wildman–Crippen MR) is 126 cm³/mol. The van der Waals surface area contributed by atoms with Crippen LogP contribution in [0.15, 0.2) is 47.6 Å². The van der Waals surface area contributed by atoms with Gasteiger partial charge < -0.3 is 20.1 Å². The maximum absolute atomic E-state index is 13.4. The van der Waals surface area contributed by atoms with Crippen LogP contribution in [0.25, 0.3) is 0 Å². The Morgan fingerprint density at radius 1 is 1.23 bits per heavy atom. The first-order valence-electron chi connectivity index (χ1n) is 9.94. The van der Waals surface area contributed by atoms with Gasteiger partial charge in [0.1, 0.15) is 11.6 Å². The van der Waals surface area contributed by atoms with Crippen LogP contribution in [0.4, 0.5) is 4.39 Å². The summed E-state index contributed by atoms with van der Waals surface area (Å²) in [4.78, 5) is 11.3. The summed E-state index contributed by atoms with van der Waals surface area (Å²) in [5.74, 6) is 1.22. The molecule has 2 heterocycles. The number of benzene rings is 1. The number of hydrogen-bond donors (Lipinski definition) is 2. The fourth-order valence-electron chi connectivity index (χ4n) is 2.94. The van der Waals surface area contributed by atoms with E-state index in [2.05, 4.69) is 25.5 Å². The van der Waals surface area contributed by atoms with Crippen LogP contribution in [0.3, 0.4) is 0 Å². The van der Waals surface area contributed by atoms with Crippen LogP contribution in [-0.4, -0.2) is 61.8 Å². The number of nitrogens with one attached hydrogen (secondary N) is 2. The molecule has 0 bridgehead atoms. The van der Waals surface area contributed by atoms with Gasteiger partial charge in [-0.05, 0) is 25.1 Å². The maximum Gasteiger partial charge on any atom is 0.224 e. The SMILES string of the molecule is CCNC(=NCc1cccnc1Oc1cccc(F)c1)NCCN1CCOCC1.I. The number of rotatable bonds is 8. The van der Waals surface area contributed by atoms with E-state index in [1.165, 1.54) is 12.1 Å². The molecule has 7 nitrogen and oxygen atoms in total. The Labute approximate surface area is 194 Å². The van der Waals surface area contributed by atoms with Gasteiger partial charge >= 0.3 is 0 Å². The molecule has 0 amide bonds. The van der Waals surface area contributed by atoms with Crippen LogP contribution in [0.1, 0.15) is 12.5 Å². The molecule has 9 heteroatoms. The molecule has 164 valence electrons.